The third kappa shape index (κ3) is 1.58. The van der Waals surface area contributed by atoms with Crippen LogP contribution < -0.4 is 4.74 Å². The second-order valence-electron chi connectivity index (χ2n) is 2.59. The van der Waals surface area contributed by atoms with Gasteiger partial charge in [0, 0.05) is 15.0 Å². The van der Waals surface area contributed by atoms with E-state index in [1.165, 1.54) is 10.1 Å². The van der Waals surface area contributed by atoms with Gasteiger partial charge in [0.15, 0.2) is 0 Å². The van der Waals surface area contributed by atoms with Gasteiger partial charge in [-0.05, 0) is 34.1 Å². The summed E-state index contributed by atoms with van der Waals surface area (Å²) in [6, 6.07) is 5.99. The van der Waals surface area contributed by atoms with Gasteiger partial charge in [0.05, 0.1) is 10.9 Å². The molecule has 0 radical (unpaired) electrons. The minimum atomic E-state index is 0.884. The van der Waals surface area contributed by atoms with Gasteiger partial charge in [-0.1, -0.05) is 0 Å². The summed E-state index contributed by atoms with van der Waals surface area (Å²) in [7, 11) is 1.67. The summed E-state index contributed by atoms with van der Waals surface area (Å²) >= 11 is 9.53. The van der Waals surface area contributed by atoms with E-state index in [0.29, 0.717) is 0 Å². The first-order valence-electron chi connectivity index (χ1n) is 3.67. The highest BCUT2D eigenvalue weighted by Crippen LogP contribution is 2.39. The fourth-order valence-electron chi connectivity index (χ4n) is 1.16. The van der Waals surface area contributed by atoms with Crippen molar-refractivity contribution in [1.82, 2.24) is 0 Å². The van der Waals surface area contributed by atoms with E-state index in [2.05, 4.69) is 28.6 Å². The lowest BCUT2D eigenvalue weighted by Crippen LogP contribution is -1.79. The van der Waals surface area contributed by atoms with E-state index in [1.807, 2.05) is 18.2 Å². The molecule has 2 aromatic rings. The van der Waals surface area contributed by atoms with Crippen LogP contribution >= 0.6 is 39.9 Å². The van der Waals surface area contributed by atoms with E-state index in [4.69, 9.17) is 4.74 Å². The Morgan fingerprint density at radius 2 is 2.23 bits per heavy atom. The Bertz CT molecular complexity index is 450. The molecule has 0 amide bonds. The zero-order valence-corrected chi connectivity index (χ0v) is 10.2. The molecule has 0 unspecified atom stereocenters. The van der Waals surface area contributed by atoms with Crippen molar-refractivity contribution >= 4 is 50.0 Å². The topological polar surface area (TPSA) is 9.23 Å². The van der Waals surface area contributed by atoms with Crippen molar-refractivity contribution in [2.75, 3.05) is 7.11 Å². The number of benzene rings is 1. The number of hydrogen-bond acceptors (Lipinski definition) is 3. The van der Waals surface area contributed by atoms with E-state index >= 15 is 0 Å². The second-order valence-corrected chi connectivity index (χ2v) is 5.40. The van der Waals surface area contributed by atoms with Crippen LogP contribution in [0.15, 0.2) is 26.9 Å². The Hall–Kier alpha value is -0.190. The normalized spacial score (nSPS) is 10.7. The number of thiol groups is 1. The van der Waals surface area contributed by atoms with Crippen molar-refractivity contribution in [2.24, 2.45) is 0 Å². The maximum absolute atomic E-state index is 5.14. The van der Waals surface area contributed by atoms with Crippen LogP contribution in [0.2, 0.25) is 0 Å². The molecule has 0 N–H and O–H groups in total. The van der Waals surface area contributed by atoms with Gasteiger partial charge in [-0.3, -0.25) is 0 Å². The van der Waals surface area contributed by atoms with E-state index < -0.39 is 0 Å². The molecule has 13 heavy (non-hydrogen) atoms. The SMILES string of the molecule is COc1ccc2c(S)c(Br)sc2c1. The van der Waals surface area contributed by atoms with Crippen molar-refractivity contribution in [3.63, 3.8) is 0 Å². The predicted octanol–water partition coefficient (Wildman–Crippen LogP) is 3.96. The van der Waals surface area contributed by atoms with Gasteiger partial charge in [-0.15, -0.1) is 24.0 Å². The first-order chi connectivity index (χ1) is 6.22. The van der Waals surface area contributed by atoms with Crippen LogP contribution in [0.25, 0.3) is 10.1 Å². The number of ether oxygens (including phenoxy) is 1. The molecule has 4 heteroatoms. The molecular formula is C9H7BrOS2. The second kappa shape index (κ2) is 3.52. The Labute approximate surface area is 94.3 Å². The van der Waals surface area contributed by atoms with Gasteiger partial charge in [0.1, 0.15) is 5.75 Å². The highest BCUT2D eigenvalue weighted by molar-refractivity contribution is 9.11. The van der Waals surface area contributed by atoms with E-state index in [9.17, 15) is 0 Å². The molecule has 1 aromatic heterocycles. The van der Waals surface area contributed by atoms with Gasteiger partial charge in [0.2, 0.25) is 0 Å². The first kappa shape index (κ1) is 9.37. The highest BCUT2D eigenvalue weighted by atomic mass is 79.9. The average Bonchev–Trinajstić information content (AvgIpc) is 2.42. The van der Waals surface area contributed by atoms with Crippen molar-refractivity contribution in [3.05, 3.63) is 22.0 Å². The summed E-state index contributed by atoms with van der Waals surface area (Å²) in [6.07, 6.45) is 0. The lowest BCUT2D eigenvalue weighted by molar-refractivity contribution is 0.415. The lowest BCUT2D eigenvalue weighted by Gasteiger charge is -1.97. The molecule has 0 aliphatic heterocycles. The quantitative estimate of drug-likeness (QED) is 0.775. The Morgan fingerprint density at radius 1 is 1.46 bits per heavy atom. The fraction of sp³-hybridized carbons (Fsp3) is 0.111. The zero-order valence-electron chi connectivity index (χ0n) is 6.87. The van der Waals surface area contributed by atoms with Crippen LogP contribution in [0.5, 0.6) is 5.75 Å². The third-order valence-electron chi connectivity index (χ3n) is 1.83. The van der Waals surface area contributed by atoms with Crippen LogP contribution in [-0.4, -0.2) is 7.11 Å². The summed E-state index contributed by atoms with van der Waals surface area (Å²) < 4.78 is 7.40. The molecule has 1 aromatic carbocycles. The first-order valence-corrected chi connectivity index (χ1v) is 5.73. The predicted molar refractivity (Wildman–Crippen MR) is 63.3 cm³/mol. The summed E-state index contributed by atoms with van der Waals surface area (Å²) in [5, 5.41) is 1.17. The monoisotopic (exact) mass is 274 g/mol. The van der Waals surface area contributed by atoms with Gasteiger partial charge in [0.25, 0.3) is 0 Å². The maximum atomic E-state index is 5.14. The van der Waals surface area contributed by atoms with Crippen LogP contribution in [0.1, 0.15) is 0 Å². The van der Waals surface area contributed by atoms with Gasteiger partial charge in [-0.25, -0.2) is 0 Å². The number of hydrogen-bond donors (Lipinski definition) is 1. The molecule has 0 saturated heterocycles. The standard InChI is InChI=1S/C9H7BrOS2/c1-11-5-2-3-6-7(4-5)13-9(10)8(6)12/h2-4,12H,1H3. The molecule has 0 aliphatic carbocycles. The van der Waals surface area contributed by atoms with Crippen molar-refractivity contribution in [1.29, 1.82) is 0 Å². The van der Waals surface area contributed by atoms with Crippen LogP contribution in [0.3, 0.4) is 0 Å². The summed E-state index contributed by atoms with van der Waals surface area (Å²) in [5.74, 6) is 0.884. The largest absolute Gasteiger partial charge is 0.497 e. The molecule has 68 valence electrons. The molecule has 2 rings (SSSR count). The van der Waals surface area contributed by atoms with Crippen LogP contribution in [-0.2, 0) is 0 Å². The molecule has 1 nitrogen and oxygen atoms in total. The highest BCUT2D eigenvalue weighted by Gasteiger charge is 2.06. The van der Waals surface area contributed by atoms with E-state index in [1.54, 1.807) is 18.4 Å². The minimum absolute atomic E-state index is 0.884. The molecule has 0 fully saturated rings. The number of fused-ring (bicyclic) bond motifs is 1. The lowest BCUT2D eigenvalue weighted by atomic mass is 10.2. The van der Waals surface area contributed by atoms with Crippen molar-refractivity contribution in [2.45, 2.75) is 4.90 Å². The molecule has 0 bridgehead atoms. The molecule has 0 saturated carbocycles. The maximum Gasteiger partial charge on any atom is 0.120 e. The number of thiophene rings is 1. The number of rotatable bonds is 1. The summed E-state index contributed by atoms with van der Waals surface area (Å²) in [6.45, 7) is 0. The fourth-order valence-corrected chi connectivity index (χ4v) is 3.16. The average molecular weight is 275 g/mol. The molecule has 0 spiro atoms. The van der Waals surface area contributed by atoms with Crippen LogP contribution in [0.4, 0.5) is 0 Å². The smallest absolute Gasteiger partial charge is 0.120 e. The molecule has 0 aliphatic rings. The van der Waals surface area contributed by atoms with E-state index in [0.717, 1.165) is 14.4 Å². The van der Waals surface area contributed by atoms with E-state index in [-0.39, 0.29) is 0 Å². The van der Waals surface area contributed by atoms with Crippen molar-refractivity contribution in [3.8, 4) is 5.75 Å². The van der Waals surface area contributed by atoms with Gasteiger partial charge >= 0.3 is 0 Å². The van der Waals surface area contributed by atoms with Gasteiger partial charge < -0.3 is 4.74 Å². The van der Waals surface area contributed by atoms with Gasteiger partial charge in [-0.2, -0.15) is 0 Å². The zero-order chi connectivity index (χ0) is 9.42. The molecule has 0 atom stereocenters. The molecule has 1 heterocycles. The summed E-state index contributed by atoms with van der Waals surface area (Å²) in [4.78, 5) is 1.00. The van der Waals surface area contributed by atoms with Crippen molar-refractivity contribution < 1.29 is 4.74 Å². The minimum Gasteiger partial charge on any atom is -0.497 e. The number of halogens is 1. The Balaban J connectivity index is 2.73. The summed E-state index contributed by atoms with van der Waals surface area (Å²) in [5.41, 5.74) is 0. The Kier molecular flexibility index (Phi) is 2.53. The third-order valence-corrected chi connectivity index (χ3v) is 4.57. The Morgan fingerprint density at radius 3 is 2.92 bits per heavy atom. The number of methoxy groups -OCH3 is 1. The molecular weight excluding hydrogens is 268 g/mol. The van der Waals surface area contributed by atoms with Crippen LogP contribution in [0, 0.1) is 0 Å².